The summed E-state index contributed by atoms with van der Waals surface area (Å²) < 4.78 is 15.9. The van der Waals surface area contributed by atoms with Crippen LogP contribution < -0.4 is 19.5 Å². The number of carbonyl (C=O) groups is 1. The first-order valence-corrected chi connectivity index (χ1v) is 5.95. The van der Waals surface area contributed by atoms with E-state index in [1.54, 1.807) is 32.4 Å². The molecule has 104 valence electrons. The molecule has 0 saturated heterocycles. The fraction of sp³-hybridized carbons (Fsp3) is 0.357. The van der Waals surface area contributed by atoms with Gasteiger partial charge in [-0.1, -0.05) is 6.58 Å². The molecular weight excluding hydrogens is 246 g/mol. The fourth-order valence-electron chi connectivity index (χ4n) is 1.41. The molecule has 0 aliphatic heterocycles. The van der Waals surface area contributed by atoms with Crippen LogP contribution in [0.4, 0.5) is 0 Å². The summed E-state index contributed by atoms with van der Waals surface area (Å²) in [6.07, 6.45) is 1.95. The Morgan fingerprint density at radius 3 is 2.32 bits per heavy atom. The van der Waals surface area contributed by atoms with Crippen molar-refractivity contribution in [3.8, 4) is 17.2 Å². The van der Waals surface area contributed by atoms with Gasteiger partial charge >= 0.3 is 0 Å². The van der Waals surface area contributed by atoms with Crippen molar-refractivity contribution in [2.24, 2.45) is 0 Å². The maximum absolute atomic E-state index is 10.9. The van der Waals surface area contributed by atoms with Crippen LogP contribution >= 0.6 is 0 Å². The van der Waals surface area contributed by atoms with E-state index < -0.39 is 0 Å². The third-order valence-corrected chi connectivity index (χ3v) is 2.40. The van der Waals surface area contributed by atoms with Crippen LogP contribution in [-0.2, 0) is 4.79 Å². The van der Waals surface area contributed by atoms with Gasteiger partial charge in [-0.25, -0.2) is 0 Å². The standard InChI is InChI=1S/C14H19NO4/c1-4-14(16)15-6-5-7-19-13-9-11(17-2)8-12(10-13)18-3/h4,8-10H,1,5-7H2,2-3H3,(H,15,16). The lowest BCUT2D eigenvalue weighted by Crippen LogP contribution is -2.23. The van der Waals surface area contributed by atoms with Crippen LogP contribution in [0, 0.1) is 0 Å². The molecule has 0 unspecified atom stereocenters. The lowest BCUT2D eigenvalue weighted by Gasteiger charge is -2.10. The Bertz CT molecular complexity index is 409. The Labute approximate surface area is 113 Å². The molecule has 1 aromatic carbocycles. The van der Waals surface area contributed by atoms with Crippen LogP contribution in [0.3, 0.4) is 0 Å². The predicted molar refractivity (Wildman–Crippen MR) is 72.9 cm³/mol. The molecule has 1 rings (SSSR count). The largest absolute Gasteiger partial charge is 0.496 e. The van der Waals surface area contributed by atoms with Crippen LogP contribution in [0.2, 0.25) is 0 Å². The number of benzene rings is 1. The molecule has 0 spiro atoms. The molecule has 0 heterocycles. The number of hydrogen-bond donors (Lipinski definition) is 1. The Balaban J connectivity index is 2.40. The van der Waals surface area contributed by atoms with Crippen molar-refractivity contribution in [2.75, 3.05) is 27.4 Å². The zero-order valence-corrected chi connectivity index (χ0v) is 11.3. The Hall–Kier alpha value is -2.17. The normalized spacial score (nSPS) is 9.58. The summed E-state index contributed by atoms with van der Waals surface area (Å²) in [5, 5.41) is 2.68. The van der Waals surface area contributed by atoms with Gasteiger partial charge in [0.2, 0.25) is 5.91 Å². The minimum Gasteiger partial charge on any atom is -0.496 e. The van der Waals surface area contributed by atoms with Crippen LogP contribution in [0.25, 0.3) is 0 Å². The van der Waals surface area contributed by atoms with Gasteiger partial charge in [0.05, 0.1) is 20.8 Å². The summed E-state index contributed by atoms with van der Waals surface area (Å²) in [6.45, 7) is 4.42. The summed E-state index contributed by atoms with van der Waals surface area (Å²) in [5.41, 5.74) is 0. The Morgan fingerprint density at radius 2 is 1.79 bits per heavy atom. The van der Waals surface area contributed by atoms with Crippen molar-refractivity contribution in [3.63, 3.8) is 0 Å². The van der Waals surface area contributed by atoms with E-state index in [4.69, 9.17) is 14.2 Å². The van der Waals surface area contributed by atoms with E-state index in [0.29, 0.717) is 36.8 Å². The van der Waals surface area contributed by atoms with Gasteiger partial charge in [0, 0.05) is 24.7 Å². The van der Waals surface area contributed by atoms with E-state index in [1.807, 2.05) is 0 Å². The molecule has 1 N–H and O–H groups in total. The predicted octanol–water partition coefficient (Wildman–Crippen LogP) is 1.77. The first-order valence-electron chi connectivity index (χ1n) is 5.95. The molecule has 0 bridgehead atoms. The quantitative estimate of drug-likeness (QED) is 0.575. The van der Waals surface area contributed by atoms with Gasteiger partial charge in [-0.15, -0.1) is 0 Å². The van der Waals surface area contributed by atoms with Gasteiger partial charge < -0.3 is 19.5 Å². The highest BCUT2D eigenvalue weighted by molar-refractivity contribution is 5.86. The topological polar surface area (TPSA) is 56.8 Å². The molecule has 1 amide bonds. The number of hydrogen-bond acceptors (Lipinski definition) is 4. The second-order valence-corrected chi connectivity index (χ2v) is 3.75. The molecule has 19 heavy (non-hydrogen) atoms. The Morgan fingerprint density at radius 1 is 1.21 bits per heavy atom. The summed E-state index contributed by atoms with van der Waals surface area (Å²) in [7, 11) is 3.17. The first-order chi connectivity index (χ1) is 9.19. The molecule has 1 aromatic rings. The van der Waals surface area contributed by atoms with E-state index in [1.165, 1.54) is 6.08 Å². The third-order valence-electron chi connectivity index (χ3n) is 2.40. The highest BCUT2D eigenvalue weighted by Crippen LogP contribution is 2.27. The zero-order valence-electron chi connectivity index (χ0n) is 11.3. The van der Waals surface area contributed by atoms with Gasteiger partial charge in [0.25, 0.3) is 0 Å². The second-order valence-electron chi connectivity index (χ2n) is 3.75. The third kappa shape index (κ3) is 5.33. The molecule has 0 fully saturated rings. The summed E-state index contributed by atoms with van der Waals surface area (Å²) in [5.74, 6) is 1.85. The maximum atomic E-state index is 10.9. The number of nitrogens with one attached hydrogen (secondary N) is 1. The summed E-state index contributed by atoms with van der Waals surface area (Å²) >= 11 is 0. The molecule has 0 aliphatic rings. The van der Waals surface area contributed by atoms with Crippen molar-refractivity contribution in [1.82, 2.24) is 5.32 Å². The van der Waals surface area contributed by atoms with E-state index in [9.17, 15) is 4.79 Å². The van der Waals surface area contributed by atoms with E-state index in [-0.39, 0.29) is 5.91 Å². The fourth-order valence-corrected chi connectivity index (χ4v) is 1.41. The molecule has 5 nitrogen and oxygen atoms in total. The molecule has 0 aromatic heterocycles. The number of carbonyl (C=O) groups excluding carboxylic acids is 1. The number of amides is 1. The van der Waals surface area contributed by atoms with Crippen molar-refractivity contribution in [2.45, 2.75) is 6.42 Å². The lowest BCUT2D eigenvalue weighted by atomic mass is 10.3. The monoisotopic (exact) mass is 265 g/mol. The average molecular weight is 265 g/mol. The van der Waals surface area contributed by atoms with Gasteiger partial charge in [-0.05, 0) is 12.5 Å². The van der Waals surface area contributed by atoms with Crippen molar-refractivity contribution < 1.29 is 19.0 Å². The highest BCUT2D eigenvalue weighted by atomic mass is 16.5. The number of rotatable bonds is 8. The maximum Gasteiger partial charge on any atom is 0.243 e. The van der Waals surface area contributed by atoms with Crippen molar-refractivity contribution in [3.05, 3.63) is 30.9 Å². The molecule has 0 saturated carbocycles. The minimum atomic E-state index is -0.178. The van der Waals surface area contributed by atoms with Gasteiger partial charge in [0.15, 0.2) is 0 Å². The van der Waals surface area contributed by atoms with Crippen LogP contribution in [0.1, 0.15) is 6.42 Å². The van der Waals surface area contributed by atoms with E-state index in [2.05, 4.69) is 11.9 Å². The van der Waals surface area contributed by atoms with Gasteiger partial charge in [-0.3, -0.25) is 4.79 Å². The molecule has 0 radical (unpaired) electrons. The zero-order chi connectivity index (χ0) is 14.1. The molecule has 0 aliphatic carbocycles. The number of ether oxygens (including phenoxy) is 3. The molecular formula is C14H19NO4. The van der Waals surface area contributed by atoms with Crippen LogP contribution in [0.15, 0.2) is 30.9 Å². The minimum absolute atomic E-state index is 0.178. The summed E-state index contributed by atoms with van der Waals surface area (Å²) in [6, 6.07) is 5.34. The van der Waals surface area contributed by atoms with Gasteiger partial charge in [-0.2, -0.15) is 0 Å². The smallest absolute Gasteiger partial charge is 0.243 e. The molecule has 5 heteroatoms. The van der Waals surface area contributed by atoms with E-state index in [0.717, 1.165) is 0 Å². The lowest BCUT2D eigenvalue weighted by molar-refractivity contribution is -0.116. The van der Waals surface area contributed by atoms with Gasteiger partial charge in [0.1, 0.15) is 17.2 Å². The number of methoxy groups -OCH3 is 2. The SMILES string of the molecule is C=CC(=O)NCCCOc1cc(OC)cc(OC)c1. The Kier molecular flexibility index (Phi) is 6.29. The van der Waals surface area contributed by atoms with Crippen LogP contribution in [0.5, 0.6) is 17.2 Å². The highest BCUT2D eigenvalue weighted by Gasteiger charge is 2.02. The summed E-state index contributed by atoms with van der Waals surface area (Å²) in [4.78, 5) is 10.9. The second kappa shape index (κ2) is 8.02. The van der Waals surface area contributed by atoms with E-state index >= 15 is 0 Å². The first kappa shape index (κ1) is 14.9. The molecule has 0 atom stereocenters. The van der Waals surface area contributed by atoms with Crippen molar-refractivity contribution in [1.29, 1.82) is 0 Å². The average Bonchev–Trinajstić information content (AvgIpc) is 2.46. The van der Waals surface area contributed by atoms with Crippen molar-refractivity contribution >= 4 is 5.91 Å². The van der Waals surface area contributed by atoms with Crippen LogP contribution in [-0.4, -0.2) is 33.3 Å².